The lowest BCUT2D eigenvalue weighted by atomic mass is 9.98. The number of carboxylic acids is 1. The smallest absolute Gasteiger partial charge is 0.407 e. The number of carbonyl (C=O) groups is 5. The highest BCUT2D eigenvalue weighted by Crippen LogP contribution is 2.44. The lowest BCUT2D eigenvalue weighted by molar-refractivity contribution is -0.137. The highest BCUT2D eigenvalue weighted by Gasteiger charge is 2.31. The Morgan fingerprint density at radius 2 is 1.47 bits per heavy atom. The van der Waals surface area contributed by atoms with E-state index in [0.29, 0.717) is 6.29 Å². The number of aliphatic carboxylic acids is 1. The Labute approximate surface area is 221 Å². The molecule has 2 aromatic carbocycles. The number of carboxylic acid groups (broad SMARTS) is 1. The van der Waals surface area contributed by atoms with E-state index >= 15 is 0 Å². The van der Waals surface area contributed by atoms with Crippen LogP contribution < -0.4 is 16.0 Å². The molecule has 0 saturated carbocycles. The fourth-order valence-electron chi connectivity index (χ4n) is 4.43. The third kappa shape index (κ3) is 6.96. The van der Waals surface area contributed by atoms with Crippen molar-refractivity contribution < 1.29 is 33.8 Å². The van der Waals surface area contributed by atoms with Crippen molar-refractivity contribution in [1.82, 2.24) is 16.0 Å². The van der Waals surface area contributed by atoms with Crippen LogP contribution >= 0.6 is 0 Å². The minimum Gasteiger partial charge on any atom is -0.481 e. The predicted octanol–water partition coefficient (Wildman–Crippen LogP) is 2.60. The number of benzene rings is 2. The van der Waals surface area contributed by atoms with Gasteiger partial charge in [-0.3, -0.25) is 14.4 Å². The molecule has 3 rings (SSSR count). The van der Waals surface area contributed by atoms with Crippen LogP contribution in [0.4, 0.5) is 4.79 Å². The summed E-state index contributed by atoms with van der Waals surface area (Å²) in [6.07, 6.45) is -0.662. The molecular weight excluding hydrogens is 490 g/mol. The highest BCUT2D eigenvalue weighted by molar-refractivity contribution is 5.92. The summed E-state index contributed by atoms with van der Waals surface area (Å²) >= 11 is 0. The molecule has 0 saturated heterocycles. The van der Waals surface area contributed by atoms with E-state index in [2.05, 4.69) is 16.0 Å². The molecule has 0 spiro atoms. The van der Waals surface area contributed by atoms with Gasteiger partial charge in [0.05, 0.1) is 6.04 Å². The van der Waals surface area contributed by atoms with E-state index in [-0.39, 0.29) is 31.3 Å². The minimum atomic E-state index is -1.09. The SMILES string of the molecule is CC(C)[C@H](NC(=O)OCC1c2ccccc2-c2ccccc21)C(=O)N[C@@H](C)C(=O)NC(C=O)CCC(=O)O. The van der Waals surface area contributed by atoms with Gasteiger partial charge in [0, 0.05) is 12.3 Å². The maximum Gasteiger partial charge on any atom is 0.407 e. The first-order chi connectivity index (χ1) is 18.1. The van der Waals surface area contributed by atoms with Gasteiger partial charge in [0.1, 0.15) is 25.0 Å². The number of fused-ring (bicyclic) bond motifs is 3. The number of ether oxygens (including phenoxy) is 1. The van der Waals surface area contributed by atoms with Gasteiger partial charge in [0.2, 0.25) is 11.8 Å². The Morgan fingerprint density at radius 1 is 0.895 bits per heavy atom. The number of carbonyl (C=O) groups excluding carboxylic acids is 4. The van der Waals surface area contributed by atoms with Gasteiger partial charge in [-0.1, -0.05) is 62.4 Å². The maximum atomic E-state index is 12.9. The Bertz CT molecular complexity index is 1150. The maximum absolute atomic E-state index is 12.9. The van der Waals surface area contributed by atoms with Crippen molar-refractivity contribution in [1.29, 1.82) is 0 Å². The fraction of sp³-hybridized carbons (Fsp3) is 0.393. The molecule has 0 radical (unpaired) electrons. The number of alkyl carbamates (subject to hydrolysis) is 1. The zero-order chi connectivity index (χ0) is 27.8. The largest absolute Gasteiger partial charge is 0.481 e. The van der Waals surface area contributed by atoms with Crippen LogP contribution in [0.1, 0.15) is 50.7 Å². The van der Waals surface area contributed by atoms with Crippen molar-refractivity contribution in [2.45, 2.75) is 57.7 Å². The molecular formula is C28H33N3O7. The summed E-state index contributed by atoms with van der Waals surface area (Å²) < 4.78 is 5.54. The number of hydrogen-bond donors (Lipinski definition) is 4. The van der Waals surface area contributed by atoms with Crippen LogP contribution in [0.3, 0.4) is 0 Å². The van der Waals surface area contributed by atoms with E-state index < -0.39 is 42.0 Å². The van der Waals surface area contributed by atoms with Gasteiger partial charge < -0.3 is 30.6 Å². The van der Waals surface area contributed by atoms with Crippen molar-refractivity contribution in [2.24, 2.45) is 5.92 Å². The molecule has 0 heterocycles. The van der Waals surface area contributed by atoms with Crippen LogP contribution in [0.5, 0.6) is 0 Å². The summed E-state index contributed by atoms with van der Waals surface area (Å²) in [6, 6.07) is 12.9. The molecule has 0 aliphatic heterocycles. The van der Waals surface area contributed by atoms with Gasteiger partial charge in [0.25, 0.3) is 0 Å². The molecule has 1 aliphatic carbocycles. The summed E-state index contributed by atoms with van der Waals surface area (Å²) in [5, 5.41) is 16.3. The zero-order valence-corrected chi connectivity index (χ0v) is 21.6. The van der Waals surface area contributed by atoms with Gasteiger partial charge in [-0.15, -0.1) is 0 Å². The second-order valence-electron chi connectivity index (χ2n) is 9.61. The van der Waals surface area contributed by atoms with Gasteiger partial charge in [-0.05, 0) is 41.5 Å². The van der Waals surface area contributed by atoms with Crippen molar-refractivity contribution in [3.05, 3.63) is 59.7 Å². The molecule has 0 fully saturated rings. The van der Waals surface area contributed by atoms with E-state index in [4.69, 9.17) is 9.84 Å². The monoisotopic (exact) mass is 523 g/mol. The summed E-state index contributed by atoms with van der Waals surface area (Å²) in [4.78, 5) is 59.9. The van der Waals surface area contributed by atoms with Crippen molar-refractivity contribution in [3.8, 4) is 11.1 Å². The first kappa shape index (κ1) is 28.4. The van der Waals surface area contributed by atoms with E-state index in [1.165, 1.54) is 6.92 Å². The number of aldehydes is 1. The molecule has 0 bridgehead atoms. The lowest BCUT2D eigenvalue weighted by Gasteiger charge is -2.24. The van der Waals surface area contributed by atoms with Crippen LogP contribution in [0.15, 0.2) is 48.5 Å². The van der Waals surface area contributed by atoms with Gasteiger partial charge in [-0.2, -0.15) is 0 Å². The number of amides is 3. The lowest BCUT2D eigenvalue weighted by Crippen LogP contribution is -2.55. The third-order valence-corrected chi connectivity index (χ3v) is 6.48. The molecule has 0 aromatic heterocycles. The summed E-state index contributed by atoms with van der Waals surface area (Å²) in [6.45, 7) is 5.01. The zero-order valence-electron chi connectivity index (χ0n) is 21.6. The molecule has 1 aliphatic rings. The van der Waals surface area contributed by atoms with Gasteiger partial charge >= 0.3 is 12.1 Å². The number of hydrogen-bond acceptors (Lipinski definition) is 6. The molecule has 202 valence electrons. The average molecular weight is 524 g/mol. The molecule has 3 atom stereocenters. The molecule has 38 heavy (non-hydrogen) atoms. The second-order valence-corrected chi connectivity index (χ2v) is 9.61. The number of rotatable bonds is 12. The molecule has 10 nitrogen and oxygen atoms in total. The predicted molar refractivity (Wildman–Crippen MR) is 139 cm³/mol. The van der Waals surface area contributed by atoms with E-state index in [1.807, 2.05) is 48.5 Å². The first-order valence-electron chi connectivity index (χ1n) is 12.5. The van der Waals surface area contributed by atoms with Crippen molar-refractivity contribution in [2.75, 3.05) is 6.61 Å². The fourth-order valence-corrected chi connectivity index (χ4v) is 4.43. The summed E-state index contributed by atoms with van der Waals surface area (Å²) in [7, 11) is 0. The molecule has 4 N–H and O–H groups in total. The number of nitrogens with one attached hydrogen (secondary N) is 3. The average Bonchev–Trinajstić information content (AvgIpc) is 3.21. The molecule has 2 aromatic rings. The third-order valence-electron chi connectivity index (χ3n) is 6.48. The van der Waals surface area contributed by atoms with E-state index in [1.54, 1.807) is 13.8 Å². The second kappa shape index (κ2) is 12.8. The molecule has 1 unspecified atom stereocenters. The van der Waals surface area contributed by atoms with Crippen molar-refractivity contribution in [3.63, 3.8) is 0 Å². The normalized spacial score (nSPS) is 14.4. The Morgan fingerprint density at radius 3 is 2.00 bits per heavy atom. The molecule has 3 amide bonds. The van der Waals surface area contributed by atoms with Crippen molar-refractivity contribution >= 4 is 30.2 Å². The summed E-state index contributed by atoms with van der Waals surface area (Å²) in [5.41, 5.74) is 4.33. The molecule has 10 heteroatoms. The highest BCUT2D eigenvalue weighted by atomic mass is 16.5. The minimum absolute atomic E-state index is 0.0663. The van der Waals surface area contributed by atoms with Crippen LogP contribution in [-0.2, 0) is 23.9 Å². The van der Waals surface area contributed by atoms with Crippen LogP contribution in [0, 0.1) is 5.92 Å². The Kier molecular flexibility index (Phi) is 9.59. The first-order valence-corrected chi connectivity index (χ1v) is 12.5. The quantitative estimate of drug-likeness (QED) is 0.312. The topological polar surface area (TPSA) is 151 Å². The summed E-state index contributed by atoms with van der Waals surface area (Å²) in [5.74, 6) is -2.78. The Balaban J connectivity index is 1.57. The standard InChI is InChI=1S/C28H33N3O7/c1-16(2)25(27(36)29-17(3)26(35)30-18(14-32)12-13-24(33)34)31-28(37)38-15-23-21-10-6-4-8-19(21)20-9-5-7-11-22(20)23/h4-11,14,16-18,23,25H,12-13,15H2,1-3H3,(H,29,36)(H,30,35)(H,31,37)(H,33,34)/t17-,18?,25-/m0/s1. The van der Waals surface area contributed by atoms with Gasteiger partial charge in [0.15, 0.2) is 0 Å². The van der Waals surface area contributed by atoms with E-state index in [9.17, 15) is 24.0 Å². The van der Waals surface area contributed by atoms with Crippen LogP contribution in [0.2, 0.25) is 0 Å². The van der Waals surface area contributed by atoms with Crippen LogP contribution in [0.25, 0.3) is 11.1 Å². The van der Waals surface area contributed by atoms with Gasteiger partial charge in [-0.25, -0.2) is 4.79 Å². The Hall–Kier alpha value is -4.21. The van der Waals surface area contributed by atoms with E-state index in [0.717, 1.165) is 22.3 Å². The van der Waals surface area contributed by atoms with Crippen LogP contribution in [-0.4, -0.2) is 60.0 Å².